The Bertz CT molecular complexity index is 2120. The van der Waals surface area contributed by atoms with Gasteiger partial charge in [0, 0.05) is 5.57 Å². The van der Waals surface area contributed by atoms with Crippen LogP contribution in [0.15, 0.2) is 224 Å². The molecule has 7 aromatic rings. The first kappa shape index (κ1) is 38.6. The molecule has 7 heteroatoms. The van der Waals surface area contributed by atoms with E-state index in [1.807, 2.05) is 0 Å². The highest BCUT2D eigenvalue weighted by molar-refractivity contribution is 7.15. The van der Waals surface area contributed by atoms with Crippen molar-refractivity contribution in [2.24, 2.45) is 0 Å². The molecule has 0 spiro atoms. The lowest BCUT2D eigenvalue weighted by atomic mass is 10.3. The van der Waals surface area contributed by atoms with Crippen LogP contribution in [0.3, 0.4) is 0 Å². The first-order chi connectivity index (χ1) is 27.5. The summed E-state index contributed by atoms with van der Waals surface area (Å²) >= 11 is 0. The molecule has 0 saturated carbocycles. The van der Waals surface area contributed by atoms with Crippen LogP contribution in [0.25, 0.3) is 0 Å². The van der Waals surface area contributed by atoms with Gasteiger partial charge in [-0.1, -0.05) is 219 Å². The van der Waals surface area contributed by atoms with Gasteiger partial charge >= 0.3 is 14.5 Å². The van der Waals surface area contributed by atoms with Crippen molar-refractivity contribution >= 4 is 67.5 Å². The van der Waals surface area contributed by atoms with Crippen LogP contribution in [0.4, 0.5) is 0 Å². The van der Waals surface area contributed by atoms with Crippen molar-refractivity contribution in [1.29, 1.82) is 0 Å². The second-order valence-corrected chi connectivity index (χ2v) is 24.3. The van der Waals surface area contributed by atoms with E-state index in [0.717, 1.165) is 36.3 Å². The molecule has 0 atom stereocenters. The van der Waals surface area contributed by atoms with Crippen molar-refractivity contribution in [3.63, 3.8) is 0 Å². The molecule has 0 unspecified atom stereocenters. The maximum absolute atomic E-state index is 12.6. The summed E-state index contributed by atoms with van der Waals surface area (Å²) < 4.78 is 22.7. The molecule has 278 valence electrons. The summed E-state index contributed by atoms with van der Waals surface area (Å²) in [6.07, 6.45) is 0.585. The average molecular weight is 783 g/mol. The van der Waals surface area contributed by atoms with Crippen molar-refractivity contribution in [1.82, 2.24) is 0 Å². The van der Waals surface area contributed by atoms with E-state index in [1.54, 1.807) is 6.92 Å². The third-order valence-corrected chi connectivity index (χ3v) is 24.3. The first-order valence-electron chi connectivity index (χ1n) is 19.1. The summed E-state index contributed by atoms with van der Waals surface area (Å²) in [4.78, 5) is 12.6. The van der Waals surface area contributed by atoms with Gasteiger partial charge in [-0.2, -0.15) is 0 Å². The first-order valence-corrected chi connectivity index (χ1v) is 24.9. The molecule has 0 fully saturated rings. The number of esters is 1. The van der Waals surface area contributed by atoms with E-state index in [2.05, 4.69) is 219 Å². The van der Waals surface area contributed by atoms with Gasteiger partial charge in [-0.25, -0.2) is 4.79 Å². The van der Waals surface area contributed by atoms with E-state index in [9.17, 15) is 4.79 Å². The molecule has 0 amide bonds. The molecule has 0 aliphatic rings. The summed E-state index contributed by atoms with van der Waals surface area (Å²) in [6, 6.07) is 75.3. The largest absolute Gasteiger partial charge is 0.462 e. The van der Waals surface area contributed by atoms with Crippen LogP contribution < -0.4 is 36.3 Å². The van der Waals surface area contributed by atoms with Gasteiger partial charge in [0.05, 0.1) is 6.61 Å². The van der Waals surface area contributed by atoms with Crippen molar-refractivity contribution in [2.45, 2.75) is 19.4 Å². The average Bonchev–Trinajstić information content (AvgIpc) is 3.28. The fraction of sp³-hybridized carbons (Fsp3) is 0.0816. The lowest BCUT2D eigenvalue weighted by Crippen LogP contribution is -2.81. The number of rotatable bonds is 16. The van der Waals surface area contributed by atoms with Crippen LogP contribution >= 0.6 is 0 Å². The smallest absolute Gasteiger partial charge is 0.387 e. The van der Waals surface area contributed by atoms with Crippen LogP contribution in [0.2, 0.25) is 6.04 Å². The van der Waals surface area contributed by atoms with Crippen LogP contribution in [0.5, 0.6) is 0 Å². The molecular formula is C49H46O4Si3. The van der Waals surface area contributed by atoms with Crippen LogP contribution in [-0.4, -0.2) is 37.8 Å². The van der Waals surface area contributed by atoms with Gasteiger partial charge in [-0.05, 0) is 55.7 Å². The van der Waals surface area contributed by atoms with Gasteiger partial charge in [0.2, 0.25) is 8.32 Å². The molecular weight excluding hydrogens is 737 g/mol. The summed E-state index contributed by atoms with van der Waals surface area (Å²) in [7, 11) is -10.5. The Morgan fingerprint density at radius 2 is 0.750 bits per heavy atom. The van der Waals surface area contributed by atoms with Gasteiger partial charge in [0.15, 0.2) is 0 Å². The second-order valence-electron chi connectivity index (χ2n) is 13.9. The normalized spacial score (nSPS) is 11.8. The Balaban J connectivity index is 1.56. The van der Waals surface area contributed by atoms with Gasteiger partial charge < -0.3 is 13.0 Å². The molecule has 0 aromatic heterocycles. The third-order valence-electron chi connectivity index (χ3n) is 10.2. The fourth-order valence-electron chi connectivity index (χ4n) is 7.54. The Morgan fingerprint density at radius 3 is 1.07 bits per heavy atom. The van der Waals surface area contributed by atoms with Gasteiger partial charge in [0.25, 0.3) is 8.32 Å². The topological polar surface area (TPSA) is 44.8 Å². The maximum atomic E-state index is 12.6. The third kappa shape index (κ3) is 8.00. The van der Waals surface area contributed by atoms with Crippen LogP contribution in [0, 0.1) is 0 Å². The molecule has 0 heterocycles. The quantitative estimate of drug-likeness (QED) is 0.0385. The van der Waals surface area contributed by atoms with Crippen LogP contribution in [-0.2, 0) is 17.8 Å². The summed E-state index contributed by atoms with van der Waals surface area (Å²) in [5.41, 5.74) is 0.382. The van der Waals surface area contributed by atoms with E-state index in [1.165, 1.54) is 0 Å². The van der Waals surface area contributed by atoms with Crippen molar-refractivity contribution in [3.8, 4) is 0 Å². The number of ether oxygens (including phenoxy) is 1. The molecule has 4 nitrogen and oxygen atoms in total. The Labute approximate surface area is 334 Å². The summed E-state index contributed by atoms with van der Waals surface area (Å²) in [5, 5.41) is 7.66. The molecule has 7 aromatic carbocycles. The second kappa shape index (κ2) is 17.9. The lowest BCUT2D eigenvalue weighted by molar-refractivity contribution is -0.138. The van der Waals surface area contributed by atoms with E-state index in [4.69, 9.17) is 13.0 Å². The predicted molar refractivity (Wildman–Crippen MR) is 237 cm³/mol. The number of carbonyl (C=O) groups excluding carboxylic acids is 1. The number of benzene rings is 7. The molecule has 0 radical (unpaired) electrons. The Hall–Kier alpha value is -5.68. The molecule has 0 aliphatic heterocycles. The fourth-order valence-corrected chi connectivity index (χ4v) is 24.0. The van der Waals surface area contributed by atoms with Gasteiger partial charge in [-0.15, -0.1) is 0 Å². The molecule has 0 bridgehead atoms. The zero-order valence-corrected chi connectivity index (χ0v) is 34.7. The number of carbonyl (C=O) groups is 1. The number of hydrogen-bond acceptors (Lipinski definition) is 4. The highest BCUT2D eigenvalue weighted by Gasteiger charge is 2.58. The van der Waals surface area contributed by atoms with Crippen molar-refractivity contribution in [2.75, 3.05) is 6.61 Å². The minimum absolute atomic E-state index is 0.242. The number of hydrogen-bond donors (Lipinski definition) is 0. The highest BCUT2D eigenvalue weighted by atomic mass is 28.5. The highest BCUT2D eigenvalue weighted by Crippen LogP contribution is 2.27. The summed E-state index contributed by atoms with van der Waals surface area (Å²) in [6.45, 7) is 5.73. The van der Waals surface area contributed by atoms with Crippen molar-refractivity contribution < 1.29 is 17.8 Å². The zero-order valence-electron chi connectivity index (χ0n) is 31.7. The van der Waals surface area contributed by atoms with E-state index in [-0.39, 0.29) is 12.6 Å². The monoisotopic (exact) mass is 782 g/mol. The lowest BCUT2D eigenvalue weighted by Gasteiger charge is -2.47. The maximum Gasteiger partial charge on any atom is 0.387 e. The Kier molecular flexibility index (Phi) is 12.3. The zero-order chi connectivity index (χ0) is 38.7. The molecule has 0 N–H and O–H groups in total. The standard InChI is InChI=1S/C49H46O4Si3/c1-41(2)49(50)51-39-24-40-54(42-25-10-3-11-26-42,43-27-12-4-13-28-43)52-56(47-35-20-8-21-36-47,48-37-22-9-23-38-48)53-55(44-29-14-5-15-30-44,45-31-16-6-17-32-45)46-33-18-7-19-34-46/h3-23,25-38H,1,24,39-40H2,2H3. The van der Waals surface area contributed by atoms with Gasteiger partial charge in [-0.3, -0.25) is 0 Å². The van der Waals surface area contributed by atoms with E-state index >= 15 is 0 Å². The minimum atomic E-state index is -3.83. The van der Waals surface area contributed by atoms with E-state index < -0.39 is 25.2 Å². The van der Waals surface area contributed by atoms with E-state index in [0.29, 0.717) is 18.0 Å². The van der Waals surface area contributed by atoms with Crippen LogP contribution in [0.1, 0.15) is 13.3 Å². The SMILES string of the molecule is C=C(C)C(=O)OCCC[Si](O[Si](O[Si](c1ccccc1)(c1ccccc1)c1ccccc1)(c1ccccc1)c1ccccc1)(c1ccccc1)c1ccccc1. The predicted octanol–water partition coefficient (Wildman–Crippen LogP) is 6.21. The van der Waals surface area contributed by atoms with Crippen molar-refractivity contribution in [3.05, 3.63) is 224 Å². The molecule has 0 saturated heterocycles. The Morgan fingerprint density at radius 1 is 0.446 bits per heavy atom. The minimum Gasteiger partial charge on any atom is -0.462 e. The summed E-state index contributed by atoms with van der Waals surface area (Å²) in [5.74, 6) is -0.386. The molecule has 7 rings (SSSR count). The molecule has 0 aliphatic carbocycles. The molecule has 56 heavy (non-hydrogen) atoms. The van der Waals surface area contributed by atoms with Gasteiger partial charge in [0.1, 0.15) is 0 Å².